The Morgan fingerprint density at radius 2 is 1.71 bits per heavy atom. The number of hydrogen-bond acceptors (Lipinski definition) is 2. The fraction of sp³-hybridized carbons (Fsp3) is 0.350. The molecule has 2 rings (SSSR count). The molecular formula is C20H25ClN2O. The van der Waals surface area contributed by atoms with Crippen molar-refractivity contribution < 1.29 is 4.79 Å². The standard InChI is InChI=1S/C20H25ClN2O/c1-13(2)16-10-7-8-14(3)20(16)23-19(24)12-22-15(4)17-9-5-6-11-18(17)21/h5-11,13,15,22H,12H2,1-4H3,(H,23,24). The number of aryl methyl sites for hydroxylation is 1. The van der Waals surface area contributed by atoms with E-state index < -0.39 is 0 Å². The van der Waals surface area contributed by atoms with Gasteiger partial charge < -0.3 is 10.6 Å². The Morgan fingerprint density at radius 3 is 2.38 bits per heavy atom. The zero-order valence-electron chi connectivity index (χ0n) is 14.7. The van der Waals surface area contributed by atoms with E-state index in [9.17, 15) is 4.79 Å². The van der Waals surface area contributed by atoms with E-state index in [1.165, 1.54) is 0 Å². The lowest BCUT2D eigenvalue weighted by molar-refractivity contribution is -0.115. The van der Waals surface area contributed by atoms with E-state index in [-0.39, 0.29) is 18.5 Å². The third-order valence-electron chi connectivity index (χ3n) is 4.13. The smallest absolute Gasteiger partial charge is 0.238 e. The molecule has 4 heteroatoms. The van der Waals surface area contributed by atoms with E-state index in [4.69, 9.17) is 11.6 Å². The van der Waals surface area contributed by atoms with Crippen molar-refractivity contribution in [1.29, 1.82) is 0 Å². The Kier molecular flexibility index (Phi) is 6.41. The largest absolute Gasteiger partial charge is 0.324 e. The summed E-state index contributed by atoms with van der Waals surface area (Å²) in [6, 6.07) is 13.8. The zero-order valence-corrected chi connectivity index (χ0v) is 15.4. The number of amides is 1. The predicted octanol–water partition coefficient (Wildman–Crippen LogP) is 5.06. The first kappa shape index (κ1) is 18.5. The minimum atomic E-state index is -0.0508. The summed E-state index contributed by atoms with van der Waals surface area (Å²) in [5.74, 6) is 0.306. The molecule has 3 nitrogen and oxygen atoms in total. The normalized spacial score (nSPS) is 12.2. The second-order valence-electron chi connectivity index (χ2n) is 6.37. The molecule has 2 N–H and O–H groups in total. The Hall–Kier alpha value is -1.84. The summed E-state index contributed by atoms with van der Waals surface area (Å²) in [4.78, 5) is 12.4. The quantitative estimate of drug-likeness (QED) is 0.768. The van der Waals surface area contributed by atoms with Gasteiger partial charge in [0.2, 0.25) is 5.91 Å². The summed E-state index contributed by atoms with van der Waals surface area (Å²) in [6.07, 6.45) is 0. The Bertz CT molecular complexity index is 713. The summed E-state index contributed by atoms with van der Waals surface area (Å²) in [5.41, 5.74) is 4.15. The average Bonchev–Trinajstić information content (AvgIpc) is 2.54. The topological polar surface area (TPSA) is 41.1 Å². The predicted molar refractivity (Wildman–Crippen MR) is 102 cm³/mol. The van der Waals surface area contributed by atoms with Gasteiger partial charge in [-0.15, -0.1) is 0 Å². The molecule has 2 aromatic carbocycles. The van der Waals surface area contributed by atoms with Crippen LogP contribution >= 0.6 is 11.6 Å². The molecule has 0 aliphatic carbocycles. The molecule has 1 unspecified atom stereocenters. The van der Waals surface area contributed by atoms with Crippen LogP contribution < -0.4 is 10.6 Å². The Balaban J connectivity index is 2.01. The first-order chi connectivity index (χ1) is 11.4. The van der Waals surface area contributed by atoms with Crippen LogP contribution in [0.5, 0.6) is 0 Å². The molecule has 1 amide bonds. The summed E-state index contributed by atoms with van der Waals surface area (Å²) in [5, 5.41) is 6.99. The summed E-state index contributed by atoms with van der Waals surface area (Å²) in [7, 11) is 0. The van der Waals surface area contributed by atoms with Crippen LogP contribution in [0.1, 0.15) is 49.4 Å². The van der Waals surface area contributed by atoms with Crippen molar-refractivity contribution in [2.24, 2.45) is 0 Å². The third-order valence-corrected chi connectivity index (χ3v) is 4.48. The third kappa shape index (κ3) is 4.59. The highest BCUT2D eigenvalue weighted by Gasteiger charge is 2.14. The Labute approximate surface area is 149 Å². The van der Waals surface area contributed by atoms with E-state index in [0.29, 0.717) is 10.9 Å². The fourth-order valence-electron chi connectivity index (χ4n) is 2.71. The van der Waals surface area contributed by atoms with Crippen LogP contribution in [0, 0.1) is 6.92 Å². The van der Waals surface area contributed by atoms with Gasteiger partial charge in [-0.3, -0.25) is 4.79 Å². The average molecular weight is 345 g/mol. The number of carbonyl (C=O) groups is 1. The lowest BCUT2D eigenvalue weighted by Crippen LogP contribution is -2.30. The van der Waals surface area contributed by atoms with Crippen LogP contribution in [-0.4, -0.2) is 12.5 Å². The summed E-state index contributed by atoms with van der Waals surface area (Å²) < 4.78 is 0. The van der Waals surface area contributed by atoms with Gasteiger partial charge in [-0.25, -0.2) is 0 Å². The second kappa shape index (κ2) is 8.32. The molecule has 0 fully saturated rings. The highest BCUT2D eigenvalue weighted by Crippen LogP contribution is 2.27. The molecule has 0 aromatic heterocycles. The Morgan fingerprint density at radius 1 is 1.04 bits per heavy atom. The van der Waals surface area contributed by atoms with Gasteiger partial charge >= 0.3 is 0 Å². The number of rotatable bonds is 6. The fourth-order valence-corrected chi connectivity index (χ4v) is 3.01. The molecule has 0 saturated carbocycles. The molecule has 0 spiro atoms. The van der Waals surface area contributed by atoms with Crippen LogP contribution in [0.25, 0.3) is 0 Å². The molecule has 0 radical (unpaired) electrons. The van der Waals surface area contributed by atoms with Crippen LogP contribution in [0.15, 0.2) is 42.5 Å². The zero-order chi connectivity index (χ0) is 17.7. The van der Waals surface area contributed by atoms with Gasteiger partial charge in [0.05, 0.1) is 6.54 Å². The number of hydrogen-bond donors (Lipinski definition) is 2. The molecule has 128 valence electrons. The van der Waals surface area contributed by atoms with E-state index in [0.717, 1.165) is 22.4 Å². The number of nitrogens with one attached hydrogen (secondary N) is 2. The highest BCUT2D eigenvalue weighted by molar-refractivity contribution is 6.31. The van der Waals surface area contributed by atoms with Crippen molar-refractivity contribution in [2.75, 3.05) is 11.9 Å². The summed E-state index contributed by atoms with van der Waals surface area (Å²) in [6.45, 7) is 8.51. The van der Waals surface area contributed by atoms with E-state index in [1.54, 1.807) is 0 Å². The maximum absolute atomic E-state index is 12.4. The molecule has 0 aliphatic heterocycles. The second-order valence-corrected chi connectivity index (χ2v) is 6.77. The molecule has 0 saturated heterocycles. The number of halogens is 1. The van der Waals surface area contributed by atoms with Crippen LogP contribution in [-0.2, 0) is 4.79 Å². The van der Waals surface area contributed by atoms with Crippen LogP contribution in [0.3, 0.4) is 0 Å². The molecular weight excluding hydrogens is 320 g/mol. The van der Waals surface area contributed by atoms with E-state index in [2.05, 4.69) is 30.5 Å². The highest BCUT2D eigenvalue weighted by atomic mass is 35.5. The van der Waals surface area contributed by atoms with Gasteiger partial charge in [0.15, 0.2) is 0 Å². The maximum Gasteiger partial charge on any atom is 0.238 e. The monoisotopic (exact) mass is 344 g/mol. The number of carbonyl (C=O) groups excluding carboxylic acids is 1. The molecule has 1 atom stereocenters. The van der Waals surface area contributed by atoms with Crippen molar-refractivity contribution in [2.45, 2.75) is 39.7 Å². The molecule has 0 heterocycles. The SMILES string of the molecule is Cc1cccc(C(C)C)c1NC(=O)CNC(C)c1ccccc1Cl. The van der Waals surface area contributed by atoms with Gasteiger partial charge in [0.25, 0.3) is 0 Å². The van der Waals surface area contributed by atoms with Crippen molar-refractivity contribution in [3.8, 4) is 0 Å². The summed E-state index contributed by atoms with van der Waals surface area (Å²) >= 11 is 6.20. The number of benzene rings is 2. The molecule has 2 aromatic rings. The number of para-hydroxylation sites is 1. The van der Waals surface area contributed by atoms with Crippen molar-refractivity contribution >= 4 is 23.2 Å². The molecule has 24 heavy (non-hydrogen) atoms. The van der Waals surface area contributed by atoms with Crippen LogP contribution in [0.4, 0.5) is 5.69 Å². The lowest BCUT2D eigenvalue weighted by atomic mass is 9.98. The van der Waals surface area contributed by atoms with E-state index in [1.807, 2.05) is 50.2 Å². The van der Waals surface area contributed by atoms with Crippen molar-refractivity contribution in [1.82, 2.24) is 5.32 Å². The minimum absolute atomic E-state index is 0.00545. The minimum Gasteiger partial charge on any atom is -0.324 e. The van der Waals surface area contributed by atoms with Gasteiger partial charge in [-0.1, -0.05) is 61.8 Å². The maximum atomic E-state index is 12.4. The molecule has 0 aliphatic rings. The first-order valence-electron chi connectivity index (χ1n) is 8.27. The van der Waals surface area contributed by atoms with Crippen LogP contribution in [0.2, 0.25) is 5.02 Å². The lowest BCUT2D eigenvalue weighted by Gasteiger charge is -2.18. The first-order valence-corrected chi connectivity index (χ1v) is 8.65. The number of anilines is 1. The van der Waals surface area contributed by atoms with Crippen molar-refractivity contribution in [3.63, 3.8) is 0 Å². The van der Waals surface area contributed by atoms with Gasteiger partial charge in [-0.2, -0.15) is 0 Å². The molecule has 0 bridgehead atoms. The van der Waals surface area contributed by atoms with Gasteiger partial charge in [0.1, 0.15) is 0 Å². The van der Waals surface area contributed by atoms with Crippen molar-refractivity contribution in [3.05, 3.63) is 64.2 Å². The van der Waals surface area contributed by atoms with Gasteiger partial charge in [-0.05, 0) is 42.5 Å². The van der Waals surface area contributed by atoms with Gasteiger partial charge in [0, 0.05) is 16.8 Å². The van der Waals surface area contributed by atoms with E-state index >= 15 is 0 Å².